The molecule has 1 rings (SSSR count). The summed E-state index contributed by atoms with van der Waals surface area (Å²) >= 11 is 0. The van der Waals surface area contributed by atoms with E-state index in [9.17, 15) is 0 Å². The Kier molecular flexibility index (Phi) is 5.14. The van der Waals surface area contributed by atoms with Crippen molar-refractivity contribution in [2.75, 3.05) is 0 Å². The van der Waals surface area contributed by atoms with Crippen LogP contribution in [0.1, 0.15) is 12.8 Å². The van der Waals surface area contributed by atoms with Gasteiger partial charge in [0.15, 0.2) is 0 Å². The normalized spacial score (nSPS) is 8.67. The molecule has 0 aliphatic carbocycles. The Balaban J connectivity index is 0.00000121. The van der Waals surface area contributed by atoms with Gasteiger partial charge in [-0.15, -0.1) is 12.4 Å². The van der Waals surface area contributed by atoms with E-state index in [2.05, 4.69) is 10.6 Å². The molecule has 0 unspecified atom stereocenters. The summed E-state index contributed by atoms with van der Waals surface area (Å²) in [5.41, 5.74) is 0. The molecule has 0 fully saturated rings. The highest BCUT2D eigenvalue weighted by atomic mass is 35.5. The Morgan fingerprint density at radius 2 is 2.33 bits per heavy atom. The molecular formula is C8H13ClN3+. The first kappa shape index (κ1) is 11.0. The first-order valence-corrected chi connectivity index (χ1v) is 3.71. The van der Waals surface area contributed by atoms with Gasteiger partial charge in [0, 0.05) is 6.42 Å². The summed E-state index contributed by atoms with van der Waals surface area (Å²) in [6, 6.07) is 2.12. The van der Waals surface area contributed by atoms with E-state index in [0.717, 1.165) is 13.0 Å². The Bertz CT molecular complexity index is 262. The Morgan fingerprint density at radius 1 is 1.58 bits per heavy atom. The molecule has 0 amide bonds. The molecule has 3 nitrogen and oxygen atoms in total. The highest BCUT2D eigenvalue weighted by Crippen LogP contribution is 1.91. The van der Waals surface area contributed by atoms with Crippen molar-refractivity contribution in [1.29, 1.82) is 5.26 Å². The molecule has 0 N–H and O–H groups in total. The zero-order chi connectivity index (χ0) is 8.10. The molecule has 1 aromatic heterocycles. The van der Waals surface area contributed by atoms with Crippen molar-refractivity contribution in [3.63, 3.8) is 0 Å². The molecule has 0 aliphatic heterocycles. The zero-order valence-corrected chi connectivity index (χ0v) is 7.92. The number of hydrogen-bond donors (Lipinski definition) is 0. The van der Waals surface area contributed by atoms with Crippen molar-refractivity contribution in [3.05, 3.63) is 18.7 Å². The van der Waals surface area contributed by atoms with Crippen LogP contribution in [0.15, 0.2) is 18.7 Å². The van der Waals surface area contributed by atoms with Gasteiger partial charge in [0.05, 0.1) is 19.7 Å². The summed E-state index contributed by atoms with van der Waals surface area (Å²) in [6.07, 6.45) is 7.59. The van der Waals surface area contributed by atoms with Gasteiger partial charge in [-0.05, 0) is 6.42 Å². The van der Waals surface area contributed by atoms with Gasteiger partial charge >= 0.3 is 0 Å². The number of rotatable bonds is 3. The average Bonchev–Trinajstić information content (AvgIpc) is 2.37. The lowest BCUT2D eigenvalue weighted by Gasteiger charge is -1.89. The van der Waals surface area contributed by atoms with Crippen molar-refractivity contribution < 1.29 is 4.57 Å². The Labute approximate surface area is 78.7 Å². The standard InChI is InChI=1S/C8H12N3.ClH/c1-10-6-7-11(8-10)5-3-2-4-9;/h6-8H,2-3,5H2,1H3;1H/q+1;. The molecule has 66 valence electrons. The van der Waals surface area contributed by atoms with Crippen LogP contribution < -0.4 is 4.57 Å². The summed E-state index contributed by atoms with van der Waals surface area (Å²) in [5.74, 6) is 0. The van der Waals surface area contributed by atoms with Crippen LogP contribution in [-0.4, -0.2) is 4.57 Å². The molecule has 0 radical (unpaired) electrons. The van der Waals surface area contributed by atoms with Crippen molar-refractivity contribution >= 4 is 12.4 Å². The largest absolute Gasteiger partial charge is 0.243 e. The van der Waals surface area contributed by atoms with Crippen LogP contribution >= 0.6 is 12.4 Å². The molecule has 0 spiro atoms. The topological polar surface area (TPSA) is 32.6 Å². The fourth-order valence-corrected chi connectivity index (χ4v) is 0.975. The SMILES string of the molecule is C[n+]1ccn(CCCC#N)c1.Cl. The fraction of sp³-hybridized carbons (Fsp3) is 0.500. The van der Waals surface area contributed by atoms with Crippen molar-refractivity contribution in [1.82, 2.24) is 4.57 Å². The number of imidazole rings is 1. The smallest absolute Gasteiger partial charge is 0.240 e. The number of halogens is 1. The minimum atomic E-state index is 0. The van der Waals surface area contributed by atoms with Gasteiger partial charge in [0.1, 0.15) is 12.4 Å². The van der Waals surface area contributed by atoms with Crippen molar-refractivity contribution in [2.45, 2.75) is 19.4 Å². The van der Waals surface area contributed by atoms with Crippen LogP contribution in [0.2, 0.25) is 0 Å². The number of aromatic nitrogens is 2. The second-order valence-electron chi connectivity index (χ2n) is 2.58. The van der Waals surface area contributed by atoms with Gasteiger partial charge in [0.25, 0.3) is 0 Å². The monoisotopic (exact) mass is 186 g/mol. The number of hydrogen-bond acceptors (Lipinski definition) is 1. The quantitative estimate of drug-likeness (QED) is 0.513. The Hall–Kier alpha value is -1.01. The maximum absolute atomic E-state index is 8.29. The minimum absolute atomic E-state index is 0. The highest BCUT2D eigenvalue weighted by Gasteiger charge is 1.97. The van der Waals surface area contributed by atoms with Gasteiger partial charge < -0.3 is 0 Å². The molecule has 1 heterocycles. The van der Waals surface area contributed by atoms with Gasteiger partial charge in [-0.25, -0.2) is 9.13 Å². The third-order valence-electron chi connectivity index (χ3n) is 1.53. The number of unbranched alkanes of at least 4 members (excludes halogenated alkanes) is 1. The molecule has 1 aromatic rings. The minimum Gasteiger partial charge on any atom is -0.240 e. The molecule has 0 aromatic carbocycles. The predicted octanol–water partition coefficient (Wildman–Crippen LogP) is 1.04. The number of nitriles is 1. The van der Waals surface area contributed by atoms with E-state index in [0.29, 0.717) is 6.42 Å². The lowest BCUT2D eigenvalue weighted by molar-refractivity contribution is -0.671. The summed E-state index contributed by atoms with van der Waals surface area (Å²) in [7, 11) is 1.99. The van der Waals surface area contributed by atoms with E-state index in [1.165, 1.54) is 0 Å². The molecule has 12 heavy (non-hydrogen) atoms. The van der Waals surface area contributed by atoms with Crippen LogP contribution in [0.4, 0.5) is 0 Å². The van der Waals surface area contributed by atoms with Crippen LogP contribution in [0.25, 0.3) is 0 Å². The van der Waals surface area contributed by atoms with Crippen LogP contribution in [0.3, 0.4) is 0 Å². The first-order chi connectivity index (χ1) is 5.33. The summed E-state index contributed by atoms with van der Waals surface area (Å²) < 4.78 is 4.07. The zero-order valence-electron chi connectivity index (χ0n) is 7.10. The van der Waals surface area contributed by atoms with E-state index in [1.807, 2.05) is 30.3 Å². The number of nitrogens with zero attached hydrogens (tertiary/aromatic N) is 3. The van der Waals surface area contributed by atoms with Crippen LogP contribution in [0, 0.1) is 11.3 Å². The molecular weight excluding hydrogens is 174 g/mol. The summed E-state index contributed by atoms with van der Waals surface area (Å²) in [5, 5.41) is 8.29. The maximum Gasteiger partial charge on any atom is 0.243 e. The van der Waals surface area contributed by atoms with E-state index in [-0.39, 0.29) is 12.4 Å². The fourth-order valence-electron chi connectivity index (χ4n) is 0.975. The Morgan fingerprint density at radius 3 is 2.83 bits per heavy atom. The third kappa shape index (κ3) is 3.40. The van der Waals surface area contributed by atoms with Crippen LogP contribution in [0.5, 0.6) is 0 Å². The molecule has 0 bridgehead atoms. The summed E-state index contributed by atoms with van der Waals surface area (Å²) in [4.78, 5) is 0. The van der Waals surface area contributed by atoms with Gasteiger partial charge in [0.2, 0.25) is 6.33 Å². The van der Waals surface area contributed by atoms with E-state index < -0.39 is 0 Å². The van der Waals surface area contributed by atoms with E-state index >= 15 is 0 Å². The molecule has 0 aliphatic rings. The molecule has 4 heteroatoms. The lowest BCUT2D eigenvalue weighted by Crippen LogP contribution is -2.23. The number of aryl methyl sites for hydroxylation is 2. The van der Waals surface area contributed by atoms with Crippen LogP contribution in [-0.2, 0) is 13.6 Å². The molecule has 0 atom stereocenters. The third-order valence-corrected chi connectivity index (χ3v) is 1.53. The second kappa shape index (κ2) is 5.62. The summed E-state index contributed by atoms with van der Waals surface area (Å²) in [6.45, 7) is 0.939. The van der Waals surface area contributed by atoms with Gasteiger partial charge in [-0.1, -0.05) is 0 Å². The molecule has 0 saturated carbocycles. The first-order valence-electron chi connectivity index (χ1n) is 3.71. The van der Waals surface area contributed by atoms with Crippen molar-refractivity contribution in [2.24, 2.45) is 7.05 Å². The second-order valence-corrected chi connectivity index (χ2v) is 2.58. The average molecular weight is 187 g/mol. The van der Waals surface area contributed by atoms with Crippen molar-refractivity contribution in [3.8, 4) is 6.07 Å². The maximum atomic E-state index is 8.29. The lowest BCUT2D eigenvalue weighted by atomic mass is 10.3. The predicted molar refractivity (Wildman–Crippen MR) is 47.7 cm³/mol. The van der Waals surface area contributed by atoms with E-state index in [4.69, 9.17) is 5.26 Å². The van der Waals surface area contributed by atoms with E-state index in [1.54, 1.807) is 0 Å². The molecule has 0 saturated heterocycles. The van der Waals surface area contributed by atoms with Gasteiger partial charge in [-0.3, -0.25) is 0 Å². The van der Waals surface area contributed by atoms with Gasteiger partial charge in [-0.2, -0.15) is 5.26 Å². The highest BCUT2D eigenvalue weighted by molar-refractivity contribution is 5.85.